The van der Waals surface area contributed by atoms with E-state index in [1.807, 2.05) is 0 Å². The summed E-state index contributed by atoms with van der Waals surface area (Å²) in [5.41, 5.74) is 5.58. The summed E-state index contributed by atoms with van der Waals surface area (Å²) in [5.74, 6) is 0.0886. The van der Waals surface area contributed by atoms with Crippen LogP contribution in [0.1, 0.15) is 24.8 Å². The van der Waals surface area contributed by atoms with Crippen molar-refractivity contribution in [1.82, 2.24) is 4.72 Å². The Bertz CT molecular complexity index is 693. The molecule has 0 bridgehead atoms. The highest BCUT2D eigenvalue weighted by Crippen LogP contribution is 2.31. The molecule has 1 aromatic carbocycles. The lowest BCUT2D eigenvalue weighted by molar-refractivity contribution is -0.385. The second-order valence-electron chi connectivity index (χ2n) is 5.46. The van der Waals surface area contributed by atoms with E-state index < -0.39 is 14.9 Å². The van der Waals surface area contributed by atoms with Crippen molar-refractivity contribution in [2.75, 3.05) is 6.54 Å². The third-order valence-corrected chi connectivity index (χ3v) is 5.93. The molecule has 1 saturated carbocycles. The average molecular weight is 348 g/mol. The smallest absolute Gasteiger partial charge is 0.275 e. The first-order valence-corrected chi connectivity index (χ1v) is 8.79. The first-order chi connectivity index (χ1) is 10.3. The molecule has 2 rings (SSSR count). The molecule has 0 saturated heterocycles. The second-order valence-corrected chi connectivity index (χ2v) is 7.58. The fourth-order valence-corrected chi connectivity index (χ4v) is 4.39. The Morgan fingerprint density at radius 3 is 2.73 bits per heavy atom. The summed E-state index contributed by atoms with van der Waals surface area (Å²) in [6.45, 7) is 1.88. The third-order valence-electron chi connectivity index (χ3n) is 4.07. The van der Waals surface area contributed by atoms with Gasteiger partial charge in [-0.25, -0.2) is 13.1 Å². The van der Waals surface area contributed by atoms with Crippen molar-refractivity contribution in [1.29, 1.82) is 0 Å². The van der Waals surface area contributed by atoms with E-state index in [0.29, 0.717) is 13.0 Å². The summed E-state index contributed by atoms with van der Waals surface area (Å²) >= 11 is 5.93. The molecule has 1 fully saturated rings. The van der Waals surface area contributed by atoms with Crippen LogP contribution in [0.2, 0.25) is 5.02 Å². The number of nitro benzene ring substituents is 1. The fraction of sp³-hybridized carbons (Fsp3) is 0.538. The van der Waals surface area contributed by atoms with Gasteiger partial charge in [0.05, 0.1) is 14.8 Å². The van der Waals surface area contributed by atoms with Crippen LogP contribution >= 0.6 is 11.6 Å². The van der Waals surface area contributed by atoms with Crippen LogP contribution in [0.15, 0.2) is 17.0 Å². The quantitative estimate of drug-likeness (QED) is 0.624. The molecule has 2 unspecified atom stereocenters. The van der Waals surface area contributed by atoms with Crippen molar-refractivity contribution in [2.45, 2.75) is 37.1 Å². The highest BCUT2D eigenvalue weighted by atomic mass is 35.5. The Hall–Kier alpha value is -1.22. The Kier molecular flexibility index (Phi) is 5.06. The maximum absolute atomic E-state index is 12.5. The first kappa shape index (κ1) is 17.1. The first-order valence-electron chi connectivity index (χ1n) is 6.93. The predicted molar refractivity (Wildman–Crippen MR) is 83.3 cm³/mol. The van der Waals surface area contributed by atoms with E-state index >= 15 is 0 Å². The Morgan fingerprint density at radius 1 is 1.45 bits per heavy atom. The predicted octanol–water partition coefficient (Wildman–Crippen LogP) is 1.96. The van der Waals surface area contributed by atoms with E-state index in [2.05, 4.69) is 4.72 Å². The number of benzene rings is 1. The van der Waals surface area contributed by atoms with E-state index in [1.165, 1.54) is 13.0 Å². The Labute approximate surface area is 134 Å². The van der Waals surface area contributed by atoms with E-state index in [1.54, 1.807) is 0 Å². The zero-order chi connectivity index (χ0) is 16.5. The second kappa shape index (κ2) is 6.49. The van der Waals surface area contributed by atoms with Gasteiger partial charge in [0, 0.05) is 17.7 Å². The van der Waals surface area contributed by atoms with E-state index in [4.69, 9.17) is 17.3 Å². The zero-order valence-electron chi connectivity index (χ0n) is 12.1. The number of nitrogens with zero attached hydrogens (tertiary/aromatic N) is 1. The maximum Gasteiger partial charge on any atom is 0.275 e. The highest BCUT2D eigenvalue weighted by molar-refractivity contribution is 7.89. The number of halogens is 1. The molecule has 0 aromatic heterocycles. The van der Waals surface area contributed by atoms with Gasteiger partial charge in [-0.3, -0.25) is 10.1 Å². The number of sulfonamides is 1. The lowest BCUT2D eigenvalue weighted by Gasteiger charge is -2.19. The summed E-state index contributed by atoms with van der Waals surface area (Å²) in [4.78, 5) is 10.2. The average Bonchev–Trinajstić information content (AvgIpc) is 2.87. The van der Waals surface area contributed by atoms with Gasteiger partial charge in [-0.2, -0.15) is 0 Å². The summed E-state index contributed by atoms with van der Waals surface area (Å²) in [6, 6.07) is 2.03. The number of rotatable bonds is 5. The number of nitrogens with one attached hydrogen (secondary N) is 1. The molecule has 0 amide bonds. The van der Waals surface area contributed by atoms with Crippen molar-refractivity contribution < 1.29 is 13.3 Å². The van der Waals surface area contributed by atoms with Crippen molar-refractivity contribution in [3.05, 3.63) is 32.8 Å². The van der Waals surface area contributed by atoms with Gasteiger partial charge in [-0.05, 0) is 38.3 Å². The molecule has 0 radical (unpaired) electrons. The summed E-state index contributed by atoms with van der Waals surface area (Å²) < 4.78 is 27.5. The van der Waals surface area contributed by atoms with Gasteiger partial charge >= 0.3 is 0 Å². The van der Waals surface area contributed by atoms with Gasteiger partial charge in [0.2, 0.25) is 10.0 Å². The maximum atomic E-state index is 12.5. The monoisotopic (exact) mass is 347 g/mol. The minimum Gasteiger partial charge on any atom is -0.330 e. The molecular formula is C13H18ClN3O4S. The van der Waals surface area contributed by atoms with Gasteiger partial charge in [-0.1, -0.05) is 18.0 Å². The lowest BCUT2D eigenvalue weighted by atomic mass is 10.1. The van der Waals surface area contributed by atoms with Crippen LogP contribution in [0.5, 0.6) is 0 Å². The number of nitrogens with two attached hydrogens (primary N) is 1. The fourth-order valence-electron chi connectivity index (χ4n) is 2.73. The standard InChI is InChI=1S/C13H18ClN3O4S/c1-8-11(14)5-10(6-13(8)17(18)19)22(20,21)16-12-4-2-3-9(12)7-15/h5-6,9,12,16H,2-4,7,15H2,1H3. The molecule has 1 aliphatic rings. The minimum absolute atomic E-state index is 0.0522. The summed E-state index contributed by atoms with van der Waals surface area (Å²) in [5, 5.41) is 11.1. The zero-order valence-corrected chi connectivity index (χ0v) is 13.7. The lowest BCUT2D eigenvalue weighted by Crippen LogP contribution is -2.39. The Morgan fingerprint density at radius 2 is 2.14 bits per heavy atom. The molecule has 9 heteroatoms. The van der Waals surface area contributed by atoms with Crippen molar-refractivity contribution in [3.8, 4) is 0 Å². The van der Waals surface area contributed by atoms with Crippen LogP contribution in [-0.2, 0) is 10.0 Å². The summed E-state index contributed by atoms with van der Waals surface area (Å²) in [6.07, 6.45) is 2.49. The molecule has 22 heavy (non-hydrogen) atoms. The minimum atomic E-state index is -3.88. The van der Waals surface area contributed by atoms with Gasteiger partial charge in [0.15, 0.2) is 0 Å². The molecule has 1 aliphatic carbocycles. The Balaban J connectivity index is 2.35. The molecule has 1 aromatic rings. The van der Waals surface area contributed by atoms with Gasteiger partial charge < -0.3 is 5.73 Å². The van der Waals surface area contributed by atoms with Crippen molar-refractivity contribution in [2.24, 2.45) is 11.7 Å². The molecule has 122 valence electrons. The van der Waals surface area contributed by atoms with E-state index in [0.717, 1.165) is 18.9 Å². The highest BCUT2D eigenvalue weighted by Gasteiger charge is 2.31. The van der Waals surface area contributed by atoms with Crippen LogP contribution in [0.25, 0.3) is 0 Å². The normalized spacial score (nSPS) is 22.0. The third kappa shape index (κ3) is 3.40. The van der Waals surface area contributed by atoms with Crippen LogP contribution in [0, 0.1) is 23.0 Å². The molecular weight excluding hydrogens is 330 g/mol. The van der Waals surface area contributed by atoms with Crippen LogP contribution in [0.3, 0.4) is 0 Å². The topological polar surface area (TPSA) is 115 Å². The molecule has 7 nitrogen and oxygen atoms in total. The molecule has 0 heterocycles. The largest absolute Gasteiger partial charge is 0.330 e. The van der Waals surface area contributed by atoms with Crippen LogP contribution < -0.4 is 10.5 Å². The SMILES string of the molecule is Cc1c(Cl)cc(S(=O)(=O)NC2CCCC2CN)cc1[N+](=O)[O-]. The number of hydrogen-bond donors (Lipinski definition) is 2. The van der Waals surface area contributed by atoms with Crippen molar-refractivity contribution >= 4 is 27.3 Å². The van der Waals surface area contributed by atoms with Gasteiger partial charge in [0.25, 0.3) is 5.69 Å². The molecule has 3 N–H and O–H groups in total. The number of nitro groups is 1. The van der Waals surface area contributed by atoms with Crippen LogP contribution in [0.4, 0.5) is 5.69 Å². The molecule has 2 atom stereocenters. The molecule has 0 spiro atoms. The van der Waals surface area contributed by atoms with Crippen LogP contribution in [-0.4, -0.2) is 25.9 Å². The van der Waals surface area contributed by atoms with E-state index in [9.17, 15) is 18.5 Å². The van der Waals surface area contributed by atoms with Crippen molar-refractivity contribution in [3.63, 3.8) is 0 Å². The number of hydrogen-bond acceptors (Lipinski definition) is 5. The van der Waals surface area contributed by atoms with Gasteiger partial charge in [0.1, 0.15) is 0 Å². The molecule has 0 aliphatic heterocycles. The summed E-state index contributed by atoms with van der Waals surface area (Å²) in [7, 11) is -3.88. The van der Waals surface area contributed by atoms with E-state index in [-0.39, 0.29) is 33.1 Å². The van der Waals surface area contributed by atoms with Gasteiger partial charge in [-0.15, -0.1) is 0 Å².